The Morgan fingerprint density at radius 2 is 1.50 bits per heavy atom. The fourth-order valence-corrected chi connectivity index (χ4v) is 12.7. The van der Waals surface area contributed by atoms with Gasteiger partial charge in [-0.1, -0.05) is 75.3 Å². The van der Waals surface area contributed by atoms with Crippen molar-refractivity contribution in [3.8, 4) is 0 Å². The number of hydrogen-bond donors (Lipinski definition) is 1. The second-order valence-electron chi connectivity index (χ2n) is 15.0. The molecule has 1 N–H and O–H groups in total. The van der Waals surface area contributed by atoms with Gasteiger partial charge >= 0.3 is 0 Å². The number of nitrogens with one attached hydrogen (secondary N) is 1. The number of carbonyl (C=O) groups is 3. The van der Waals surface area contributed by atoms with E-state index in [1.54, 1.807) is 12.2 Å². The average molecular weight is 626 g/mol. The van der Waals surface area contributed by atoms with E-state index < -0.39 is 28.7 Å². The van der Waals surface area contributed by atoms with Crippen LogP contribution in [0.2, 0.25) is 34.8 Å². The van der Waals surface area contributed by atoms with Crippen LogP contribution in [0.1, 0.15) is 109 Å². The fraction of sp³-hybridized carbons (Fsp3) is 0.848. The highest BCUT2D eigenvalue weighted by Gasteiger charge is 2.50. The minimum atomic E-state index is -2.43. The number of carbonyl (C=O) groups excluding carboxylic acids is 3. The molecule has 5 atom stereocenters. The molecular formula is C33H63NO6Si2. The number of hydrogen-bond acceptors (Lipinski definition) is 6. The van der Waals surface area contributed by atoms with Crippen LogP contribution in [-0.4, -0.2) is 59.2 Å². The van der Waals surface area contributed by atoms with Crippen molar-refractivity contribution >= 4 is 34.3 Å². The molecule has 1 fully saturated rings. The summed E-state index contributed by atoms with van der Waals surface area (Å²) in [5.74, 6) is -0.626. The number of allylic oxidation sites excluding steroid dienone is 2. The van der Waals surface area contributed by atoms with E-state index in [4.69, 9.17) is 13.6 Å². The van der Waals surface area contributed by atoms with Crippen molar-refractivity contribution in [1.82, 2.24) is 5.32 Å². The Balaban J connectivity index is 3.09. The summed E-state index contributed by atoms with van der Waals surface area (Å²) >= 11 is 0. The number of ketones is 1. The third-order valence-electron chi connectivity index (χ3n) is 9.78. The van der Waals surface area contributed by atoms with Crippen LogP contribution in [0.25, 0.3) is 0 Å². The molecule has 42 heavy (non-hydrogen) atoms. The van der Waals surface area contributed by atoms with Gasteiger partial charge in [-0.15, -0.1) is 0 Å². The molecule has 0 aliphatic carbocycles. The maximum Gasteiger partial charge on any atom is 0.298 e. The Hall–Kier alpha value is -1.30. The summed E-state index contributed by atoms with van der Waals surface area (Å²) in [6.45, 7) is 29.9. The summed E-state index contributed by atoms with van der Waals surface area (Å²) in [4.78, 5) is 39.1. The molecule has 0 aromatic carbocycles. The summed E-state index contributed by atoms with van der Waals surface area (Å²) in [6, 6.07) is 0. The lowest BCUT2D eigenvalue weighted by molar-refractivity contribution is -0.144. The molecule has 0 aromatic rings. The molecule has 244 valence electrons. The predicted octanol–water partition coefficient (Wildman–Crippen LogP) is 7.96. The third kappa shape index (κ3) is 10.4. The number of ether oxygens (including phenoxy) is 1. The smallest absolute Gasteiger partial charge is 0.298 e. The van der Waals surface area contributed by atoms with E-state index in [0.29, 0.717) is 6.42 Å². The van der Waals surface area contributed by atoms with Crippen molar-refractivity contribution in [2.24, 2.45) is 11.8 Å². The van der Waals surface area contributed by atoms with Crippen molar-refractivity contribution in [2.75, 3.05) is 6.54 Å². The van der Waals surface area contributed by atoms with Crippen LogP contribution in [0, 0.1) is 11.8 Å². The molecule has 0 bridgehead atoms. The second kappa shape index (κ2) is 16.1. The van der Waals surface area contributed by atoms with Gasteiger partial charge in [0.05, 0.1) is 30.7 Å². The zero-order valence-electron chi connectivity index (χ0n) is 29.3. The van der Waals surface area contributed by atoms with Crippen LogP contribution in [0.5, 0.6) is 0 Å². The molecule has 0 radical (unpaired) electrons. The van der Waals surface area contributed by atoms with E-state index in [9.17, 15) is 14.4 Å². The molecule has 1 aliphatic heterocycles. The van der Waals surface area contributed by atoms with E-state index in [1.807, 2.05) is 13.8 Å². The lowest BCUT2D eigenvalue weighted by atomic mass is 9.90. The van der Waals surface area contributed by atoms with Gasteiger partial charge in [0.1, 0.15) is 0 Å². The summed E-state index contributed by atoms with van der Waals surface area (Å²) < 4.78 is 19.5. The lowest BCUT2D eigenvalue weighted by Crippen LogP contribution is -2.54. The van der Waals surface area contributed by atoms with Gasteiger partial charge in [0.25, 0.3) is 14.3 Å². The lowest BCUT2D eigenvalue weighted by Gasteiger charge is -2.44. The van der Waals surface area contributed by atoms with Crippen molar-refractivity contribution in [3.63, 3.8) is 0 Å². The molecule has 1 amide bonds. The summed E-state index contributed by atoms with van der Waals surface area (Å²) in [7, 11) is -4.69. The highest BCUT2D eigenvalue weighted by molar-refractivity contribution is 6.79. The van der Waals surface area contributed by atoms with Gasteiger partial charge in [0.15, 0.2) is 14.1 Å². The molecule has 9 heteroatoms. The number of rotatable bonds is 15. The maximum absolute atomic E-state index is 13.8. The normalized spacial score (nSPS) is 22.1. The van der Waals surface area contributed by atoms with E-state index in [-0.39, 0.29) is 70.4 Å². The molecule has 1 saturated heterocycles. The van der Waals surface area contributed by atoms with Gasteiger partial charge in [-0.2, -0.15) is 0 Å². The summed E-state index contributed by atoms with van der Waals surface area (Å²) in [5, 5.41) is 3.01. The Morgan fingerprint density at radius 1 is 0.952 bits per heavy atom. The topological polar surface area (TPSA) is 90.9 Å². The Kier molecular flexibility index (Phi) is 14.9. The van der Waals surface area contributed by atoms with Crippen LogP contribution in [0.4, 0.5) is 0 Å². The Morgan fingerprint density at radius 3 is 1.98 bits per heavy atom. The Bertz CT molecular complexity index is 902. The van der Waals surface area contributed by atoms with Gasteiger partial charge in [0, 0.05) is 13.0 Å². The van der Waals surface area contributed by atoms with Gasteiger partial charge < -0.3 is 18.9 Å². The van der Waals surface area contributed by atoms with Crippen LogP contribution < -0.4 is 5.32 Å². The molecule has 0 saturated carbocycles. The molecule has 0 unspecified atom stereocenters. The first-order valence-corrected chi connectivity index (χ1v) is 21.2. The summed E-state index contributed by atoms with van der Waals surface area (Å²) in [6.07, 6.45) is 4.69. The molecule has 1 rings (SSSR count). The van der Waals surface area contributed by atoms with Crippen LogP contribution in [0.3, 0.4) is 0 Å². The van der Waals surface area contributed by atoms with Gasteiger partial charge in [0.2, 0.25) is 5.91 Å². The minimum absolute atomic E-state index is 0.0474. The monoisotopic (exact) mass is 625 g/mol. The van der Waals surface area contributed by atoms with E-state index in [2.05, 4.69) is 87.6 Å². The highest BCUT2D eigenvalue weighted by Crippen LogP contribution is 2.43. The first-order valence-electron chi connectivity index (χ1n) is 16.2. The summed E-state index contributed by atoms with van der Waals surface area (Å²) in [5.41, 5.74) is 0.841. The molecular weight excluding hydrogens is 563 g/mol. The molecule has 0 spiro atoms. The standard InChI is InChI=1S/C33H63NO6Si2/c1-15-16-27(35)19-28-18-17-25(8)29(38-28)20-31(36)34-21-30(39-41(13,14)33(10,11)12)26(9)32(37)40-42(22(2)3,23(4)5)24(6)7/h15-16,22-26,28-30H,17-21H2,1-14H3,(H,34,36)/b16-15+/t25-,26+,28-,29-,30-/m1/s1. The fourth-order valence-electron chi connectivity index (χ4n) is 6.08. The van der Waals surface area contributed by atoms with E-state index >= 15 is 0 Å². The SMILES string of the molecule is C/C=C/C(=O)C[C@H]1CC[C@@H](C)[C@@H](CC(=O)NC[C@@H](O[Si](C)(C)C(C)(C)C)[C@H](C)C(=O)O[Si](C(C)C)(C(C)C)C(C)C)O1. The first-order chi connectivity index (χ1) is 19.2. The predicted molar refractivity (Wildman–Crippen MR) is 177 cm³/mol. The third-order valence-corrected chi connectivity index (χ3v) is 20.3. The van der Waals surface area contributed by atoms with Crippen molar-refractivity contribution < 1.29 is 28.0 Å². The van der Waals surface area contributed by atoms with Crippen LogP contribution in [-0.2, 0) is 28.0 Å². The molecule has 1 heterocycles. The molecule has 7 nitrogen and oxygen atoms in total. The first kappa shape index (κ1) is 38.7. The van der Waals surface area contributed by atoms with Crippen molar-refractivity contribution in [3.05, 3.63) is 12.2 Å². The van der Waals surface area contributed by atoms with Crippen LogP contribution >= 0.6 is 0 Å². The molecule has 1 aliphatic rings. The van der Waals surface area contributed by atoms with Crippen molar-refractivity contribution in [2.45, 2.75) is 162 Å². The van der Waals surface area contributed by atoms with E-state index in [0.717, 1.165) is 12.8 Å². The van der Waals surface area contributed by atoms with Gasteiger partial charge in [-0.25, -0.2) is 0 Å². The maximum atomic E-state index is 13.8. The highest BCUT2D eigenvalue weighted by atomic mass is 28.4. The number of amides is 1. The zero-order chi connectivity index (χ0) is 32.6. The Labute approximate surface area is 259 Å². The minimum Gasteiger partial charge on any atom is -0.518 e. The van der Waals surface area contributed by atoms with Gasteiger partial charge in [-0.05, 0) is 73.4 Å². The van der Waals surface area contributed by atoms with Gasteiger partial charge in [-0.3, -0.25) is 14.4 Å². The molecule has 0 aromatic heterocycles. The van der Waals surface area contributed by atoms with Crippen molar-refractivity contribution in [1.29, 1.82) is 0 Å². The van der Waals surface area contributed by atoms with E-state index in [1.165, 1.54) is 0 Å². The largest absolute Gasteiger partial charge is 0.518 e. The van der Waals surface area contributed by atoms with Crippen LogP contribution in [0.15, 0.2) is 12.2 Å². The quantitative estimate of drug-likeness (QED) is 0.147. The average Bonchev–Trinajstić information content (AvgIpc) is 2.85. The zero-order valence-corrected chi connectivity index (χ0v) is 31.3. The second-order valence-corrected chi connectivity index (χ2v) is 25.1.